The summed E-state index contributed by atoms with van der Waals surface area (Å²) in [6.45, 7) is 3.99. The van der Waals surface area contributed by atoms with Gasteiger partial charge in [0.05, 0.1) is 22.9 Å². The Bertz CT molecular complexity index is 1180. The summed E-state index contributed by atoms with van der Waals surface area (Å²) in [6.07, 6.45) is 2.03. The van der Waals surface area contributed by atoms with E-state index in [4.69, 9.17) is 18.9 Å². The molecule has 1 aliphatic carbocycles. The Hall–Kier alpha value is -3.03. The van der Waals surface area contributed by atoms with E-state index in [1.807, 2.05) is 19.1 Å². The van der Waals surface area contributed by atoms with Gasteiger partial charge < -0.3 is 18.9 Å². The molecule has 2 aromatic rings. The van der Waals surface area contributed by atoms with E-state index in [0.717, 1.165) is 17.8 Å². The Morgan fingerprint density at radius 3 is 2.33 bits per heavy atom. The number of carbonyl (C=O) groups excluding carboxylic acids is 2. The van der Waals surface area contributed by atoms with Gasteiger partial charge in [0.1, 0.15) is 16.8 Å². The third kappa shape index (κ3) is 4.14. The second kappa shape index (κ2) is 9.45. The van der Waals surface area contributed by atoms with Crippen molar-refractivity contribution in [2.75, 3.05) is 6.61 Å². The van der Waals surface area contributed by atoms with Crippen molar-refractivity contribution in [3.63, 3.8) is 0 Å². The second-order valence-corrected chi connectivity index (χ2v) is 11.9. The molecule has 6 unspecified atom stereocenters. The molecule has 0 N–H and O–H groups in total. The first kappa shape index (κ1) is 23.4. The first-order valence-corrected chi connectivity index (χ1v) is 13.7. The van der Waals surface area contributed by atoms with Crippen LogP contribution < -0.4 is 0 Å². The second-order valence-electron chi connectivity index (χ2n) is 9.82. The zero-order valence-corrected chi connectivity index (χ0v) is 21.1. The average molecular weight is 506 g/mol. The number of carbonyl (C=O) groups is 2. The zero-order chi connectivity index (χ0) is 24.8. The maximum Gasteiger partial charge on any atom is 0.344 e. The highest BCUT2D eigenvalue weighted by Crippen LogP contribution is 2.47. The number of allylic oxidation sites excluding steroid dienone is 4. The van der Waals surface area contributed by atoms with Gasteiger partial charge in [-0.2, -0.15) is 0 Å². The van der Waals surface area contributed by atoms with Gasteiger partial charge >= 0.3 is 11.9 Å². The highest BCUT2D eigenvalue weighted by molar-refractivity contribution is 8.00. The van der Waals surface area contributed by atoms with E-state index in [2.05, 4.69) is 61.5 Å². The van der Waals surface area contributed by atoms with Crippen LogP contribution in [0.5, 0.6) is 0 Å². The molecule has 0 saturated carbocycles. The molecule has 7 heteroatoms. The summed E-state index contributed by atoms with van der Waals surface area (Å²) in [5, 5.41) is 0. The number of hydrogen-bond donors (Lipinski definition) is 0. The first-order chi connectivity index (χ1) is 17.5. The van der Waals surface area contributed by atoms with Crippen molar-refractivity contribution >= 4 is 22.8 Å². The molecule has 3 saturated heterocycles. The van der Waals surface area contributed by atoms with Crippen molar-refractivity contribution in [2.24, 2.45) is 11.8 Å². The first-order valence-electron chi connectivity index (χ1n) is 12.4. The number of benzene rings is 2. The number of esters is 2. The fourth-order valence-electron chi connectivity index (χ4n) is 5.81. The molecule has 3 fully saturated rings. The lowest BCUT2D eigenvalue weighted by molar-refractivity contribution is -0.163. The number of rotatable bonds is 7. The molecule has 186 valence electrons. The molecule has 0 radical (unpaired) electrons. The van der Waals surface area contributed by atoms with Crippen LogP contribution in [0.4, 0.5) is 0 Å². The van der Waals surface area contributed by atoms with Crippen LogP contribution in [-0.4, -0.2) is 43.0 Å². The molecule has 0 spiro atoms. The number of ether oxygens (including phenoxy) is 4. The molecule has 3 heterocycles. The smallest absolute Gasteiger partial charge is 0.344 e. The summed E-state index contributed by atoms with van der Waals surface area (Å²) >= 11 is 0. The maximum absolute atomic E-state index is 12.7. The van der Waals surface area contributed by atoms with E-state index in [1.54, 1.807) is 0 Å². The minimum absolute atomic E-state index is 0.127. The highest BCUT2D eigenvalue weighted by atomic mass is 32.2. The summed E-state index contributed by atoms with van der Waals surface area (Å²) in [5.41, 5.74) is 1.02. The van der Waals surface area contributed by atoms with Crippen LogP contribution in [0.3, 0.4) is 0 Å². The van der Waals surface area contributed by atoms with Gasteiger partial charge in [0.25, 0.3) is 0 Å². The van der Waals surface area contributed by atoms with Gasteiger partial charge in [-0.15, -0.1) is 0 Å². The summed E-state index contributed by atoms with van der Waals surface area (Å²) in [7, 11) is -0.191. The fraction of sp³-hybridized carbons (Fsp3) is 0.379. The van der Waals surface area contributed by atoms with Crippen LogP contribution in [0.2, 0.25) is 0 Å². The van der Waals surface area contributed by atoms with Crippen LogP contribution in [0, 0.1) is 11.8 Å². The third-order valence-electron chi connectivity index (χ3n) is 7.34. The van der Waals surface area contributed by atoms with Crippen molar-refractivity contribution in [2.45, 2.75) is 60.9 Å². The summed E-state index contributed by atoms with van der Waals surface area (Å²) in [6, 6.07) is 21.2. The van der Waals surface area contributed by atoms with Gasteiger partial charge in [-0.3, -0.25) is 4.79 Å². The van der Waals surface area contributed by atoms with Crippen LogP contribution in [-0.2, 0) is 39.4 Å². The molecule has 0 aromatic heterocycles. The van der Waals surface area contributed by atoms with E-state index in [-0.39, 0.29) is 47.5 Å². The van der Waals surface area contributed by atoms with E-state index in [9.17, 15) is 9.59 Å². The predicted molar refractivity (Wildman–Crippen MR) is 134 cm³/mol. The largest absolute Gasteiger partial charge is 0.486 e. The number of hydrogen-bond acceptors (Lipinski definition) is 6. The van der Waals surface area contributed by atoms with Gasteiger partial charge in [0.2, 0.25) is 0 Å². The monoisotopic (exact) mass is 505 g/mol. The lowest BCUT2D eigenvalue weighted by atomic mass is 9.88. The van der Waals surface area contributed by atoms with Gasteiger partial charge in [0, 0.05) is 12.3 Å². The lowest BCUT2D eigenvalue weighted by Crippen LogP contribution is -2.40. The van der Waals surface area contributed by atoms with Crippen molar-refractivity contribution in [3.8, 4) is 0 Å². The molecular weight excluding hydrogens is 476 g/mol. The quantitative estimate of drug-likeness (QED) is 0.406. The number of fused-ring (bicyclic) bond motifs is 1. The van der Waals surface area contributed by atoms with Gasteiger partial charge in [-0.25, -0.2) is 4.79 Å². The van der Waals surface area contributed by atoms with Crippen LogP contribution >= 0.6 is 0 Å². The van der Waals surface area contributed by atoms with E-state index >= 15 is 0 Å². The molecular formula is C29H29O6S+. The fourth-order valence-corrected chi connectivity index (χ4v) is 8.26. The van der Waals surface area contributed by atoms with Crippen molar-refractivity contribution in [3.05, 3.63) is 83.0 Å². The maximum atomic E-state index is 12.7. The topological polar surface area (TPSA) is 71.1 Å². The minimum atomic E-state index is -0.544. The Balaban J connectivity index is 1.16. The minimum Gasteiger partial charge on any atom is -0.486 e. The molecule has 3 aliphatic heterocycles. The van der Waals surface area contributed by atoms with Gasteiger partial charge in [0.15, 0.2) is 28.6 Å². The Labute approximate surface area is 213 Å². The summed E-state index contributed by atoms with van der Waals surface area (Å²) in [5.74, 6) is 0.0249. The molecule has 4 aliphatic rings. The molecule has 0 amide bonds. The standard InChI is InChI=1S/C29H29O6S/c1-17-13-21(36(19-9-5-3-6-10-19)20-11-7-4-8-12-20)14-18(2)25(17)32-16-24(30)34-27-23-15-22-26(33-23)28(27)35-29(22)31/h3-13,18,22-23,26-28H,14-16H2,1-2H3/q+1. The Kier molecular flexibility index (Phi) is 6.13. The van der Waals surface area contributed by atoms with Crippen molar-refractivity contribution in [1.29, 1.82) is 0 Å². The van der Waals surface area contributed by atoms with E-state index in [0.29, 0.717) is 6.42 Å². The molecule has 2 aromatic carbocycles. The zero-order valence-electron chi connectivity index (χ0n) is 20.3. The van der Waals surface area contributed by atoms with Crippen LogP contribution in [0.15, 0.2) is 92.8 Å². The average Bonchev–Trinajstić information content (AvgIpc) is 3.51. The Morgan fingerprint density at radius 1 is 1.03 bits per heavy atom. The van der Waals surface area contributed by atoms with E-state index in [1.165, 1.54) is 14.7 Å². The lowest BCUT2D eigenvalue weighted by Gasteiger charge is -2.25. The highest BCUT2D eigenvalue weighted by Gasteiger charge is 2.65. The molecule has 6 atom stereocenters. The van der Waals surface area contributed by atoms with Crippen LogP contribution in [0.1, 0.15) is 26.7 Å². The Morgan fingerprint density at radius 2 is 1.69 bits per heavy atom. The van der Waals surface area contributed by atoms with Crippen molar-refractivity contribution in [1.82, 2.24) is 0 Å². The van der Waals surface area contributed by atoms with Gasteiger partial charge in [-0.1, -0.05) is 43.3 Å². The summed E-state index contributed by atoms with van der Waals surface area (Å²) < 4.78 is 22.9. The normalized spacial score (nSPS) is 30.4. The molecule has 6 nitrogen and oxygen atoms in total. The molecule has 6 rings (SSSR count). The molecule has 36 heavy (non-hydrogen) atoms. The van der Waals surface area contributed by atoms with Crippen molar-refractivity contribution < 1.29 is 28.5 Å². The van der Waals surface area contributed by atoms with Gasteiger partial charge in [-0.05, 0) is 49.3 Å². The third-order valence-corrected chi connectivity index (χ3v) is 9.63. The summed E-state index contributed by atoms with van der Waals surface area (Å²) in [4.78, 5) is 28.5. The van der Waals surface area contributed by atoms with Crippen LogP contribution in [0.25, 0.3) is 0 Å². The van der Waals surface area contributed by atoms with E-state index < -0.39 is 18.2 Å². The SMILES string of the molecule is CC1=C(OCC(=O)OC2C3CC4C(=O)OC2C4O3)C(C)CC([S+](c2ccccc2)c2ccccc2)=C1. The predicted octanol–water partition coefficient (Wildman–Crippen LogP) is 4.56. The molecule has 2 bridgehead atoms.